The Labute approximate surface area is 181 Å². The summed E-state index contributed by atoms with van der Waals surface area (Å²) in [5.41, 5.74) is 0. The molecule has 0 aliphatic carbocycles. The molecule has 0 fully saturated rings. The Morgan fingerprint density at radius 1 is 0.867 bits per heavy atom. The number of aliphatic carboxylic acids is 1. The number of hydrogen-bond acceptors (Lipinski definition) is 15. The predicted octanol–water partition coefficient (Wildman–Crippen LogP) is -8.72. The molecular weight excluding hydrogens is 496 g/mol. The largest absolute Gasteiger partial charge is 2.00 e. The molecule has 10 N–H and O–H groups in total. The molecule has 0 aromatic heterocycles. The third-order valence-electron chi connectivity index (χ3n) is 3.11. The standard InChI is InChI=1S/C6H13O9P.C6H12O7.Zn/c7-1-3(8)5(10)6(11)4(9)2-15-16(12,13)14;7-1-2(8)3(9)4(10)5(11)6(12)13;/h4-7,9-11H,1-2H2,(H2,12,13,14);2-5,7-11H,1H2,(H,12,13);/q;;+2/p-2. The summed E-state index contributed by atoms with van der Waals surface area (Å²) in [5.74, 6) is -3.13. The fourth-order valence-electron chi connectivity index (χ4n) is 1.43. The van der Waals surface area contributed by atoms with E-state index in [4.69, 9.17) is 50.9 Å². The summed E-state index contributed by atoms with van der Waals surface area (Å²) in [6, 6.07) is 0. The Morgan fingerprint density at radius 3 is 1.67 bits per heavy atom. The number of ketones is 1. The van der Waals surface area contributed by atoms with E-state index in [0.29, 0.717) is 0 Å². The van der Waals surface area contributed by atoms with Gasteiger partial charge in [0.25, 0.3) is 7.82 Å². The number of carboxylic acid groups (broad SMARTS) is 1. The molecule has 0 saturated carbocycles. The Hall–Kier alpha value is -0.487. The van der Waals surface area contributed by atoms with E-state index in [1.165, 1.54) is 0 Å². The molecule has 8 atom stereocenters. The first-order chi connectivity index (χ1) is 13.1. The predicted molar refractivity (Wildman–Crippen MR) is 82.0 cm³/mol. The fourth-order valence-corrected chi connectivity index (χ4v) is 1.77. The second-order valence-electron chi connectivity index (χ2n) is 5.39. The van der Waals surface area contributed by atoms with E-state index in [9.17, 15) is 24.2 Å². The number of aliphatic hydroxyl groups excluding tert-OH is 9. The van der Waals surface area contributed by atoms with Gasteiger partial charge in [0, 0.05) is 0 Å². The number of carboxylic acids is 1. The van der Waals surface area contributed by atoms with Crippen LogP contribution in [-0.4, -0.2) is 125 Å². The van der Waals surface area contributed by atoms with Gasteiger partial charge >= 0.3 is 19.5 Å². The van der Waals surface area contributed by atoms with Crippen molar-refractivity contribution in [2.75, 3.05) is 19.8 Å². The molecule has 30 heavy (non-hydrogen) atoms. The van der Waals surface area contributed by atoms with Crippen LogP contribution in [0.4, 0.5) is 0 Å². The number of hydrogen-bond donors (Lipinski definition) is 10. The average Bonchev–Trinajstić information content (AvgIpc) is 2.67. The summed E-state index contributed by atoms with van der Waals surface area (Å²) in [4.78, 5) is 38.9. The van der Waals surface area contributed by atoms with Crippen LogP contribution in [0.1, 0.15) is 0 Å². The van der Waals surface area contributed by atoms with Gasteiger partial charge in [-0.1, -0.05) is 0 Å². The topological polar surface area (TPSA) is 309 Å². The Kier molecular flexibility index (Phi) is 18.4. The van der Waals surface area contributed by atoms with Crippen molar-refractivity contribution in [3.05, 3.63) is 0 Å². The van der Waals surface area contributed by atoms with Gasteiger partial charge in [-0.25, -0.2) is 0 Å². The minimum Gasteiger partial charge on any atom is -0.756 e. The molecule has 0 spiro atoms. The summed E-state index contributed by atoms with van der Waals surface area (Å²) in [5, 5.41) is 88.9. The first-order valence-corrected chi connectivity index (χ1v) is 9.00. The summed E-state index contributed by atoms with van der Waals surface area (Å²) in [6.45, 7) is -2.95. The molecule has 0 aromatic carbocycles. The second kappa shape index (κ2) is 16.2. The Morgan fingerprint density at radius 2 is 1.33 bits per heavy atom. The van der Waals surface area contributed by atoms with Gasteiger partial charge in [0.15, 0.2) is 5.78 Å². The summed E-state index contributed by atoms with van der Waals surface area (Å²) in [6.07, 6.45) is -14.1. The van der Waals surface area contributed by atoms with Crippen LogP contribution in [0.2, 0.25) is 0 Å². The van der Waals surface area contributed by atoms with Crippen molar-refractivity contribution in [2.24, 2.45) is 0 Å². The number of carbonyl (C=O) groups excluding carboxylic acids is 2. The average molecular weight is 520 g/mol. The van der Waals surface area contributed by atoms with Crippen LogP contribution in [0.25, 0.3) is 0 Å². The molecule has 0 rings (SSSR count). The molecule has 0 aromatic rings. The van der Waals surface area contributed by atoms with Crippen molar-refractivity contribution in [3.63, 3.8) is 0 Å². The summed E-state index contributed by atoms with van der Waals surface area (Å²) in [7, 11) is -5.06. The van der Waals surface area contributed by atoms with Gasteiger partial charge < -0.3 is 70.2 Å². The first-order valence-electron chi connectivity index (χ1n) is 7.50. The molecular formula is C12H23O16PZn. The number of Topliss-reactive ketones (excluding diaryl/α,β-unsaturated/α-hetero) is 1. The van der Waals surface area contributed by atoms with Crippen molar-refractivity contribution < 1.29 is 99.0 Å². The van der Waals surface area contributed by atoms with Crippen LogP contribution in [0.3, 0.4) is 0 Å². The van der Waals surface area contributed by atoms with E-state index in [2.05, 4.69) is 4.52 Å². The molecule has 0 amide bonds. The van der Waals surface area contributed by atoms with Crippen molar-refractivity contribution in [2.45, 2.75) is 42.7 Å². The zero-order valence-electron chi connectivity index (χ0n) is 15.2. The number of phosphoric acid groups is 1. The molecule has 0 saturated heterocycles. The van der Waals surface area contributed by atoms with Gasteiger partial charge in [-0.15, -0.1) is 0 Å². The molecule has 16 nitrogen and oxygen atoms in total. The molecule has 0 bridgehead atoms. The molecule has 174 valence electrons. The van der Waals surface area contributed by atoms with Crippen LogP contribution >= 0.6 is 7.82 Å². The van der Waals surface area contributed by atoms with Crippen LogP contribution in [0, 0.1) is 0 Å². The van der Waals surface area contributed by atoms with Gasteiger partial charge in [0.1, 0.15) is 49.3 Å². The van der Waals surface area contributed by atoms with E-state index in [1.54, 1.807) is 0 Å². The van der Waals surface area contributed by atoms with E-state index in [1.807, 2.05) is 0 Å². The summed E-state index contributed by atoms with van der Waals surface area (Å²) >= 11 is 0. The van der Waals surface area contributed by atoms with Gasteiger partial charge in [-0.2, -0.15) is 0 Å². The molecule has 18 heteroatoms. The van der Waals surface area contributed by atoms with Crippen LogP contribution in [-0.2, 0) is 38.2 Å². The van der Waals surface area contributed by atoms with E-state index in [-0.39, 0.29) is 19.5 Å². The third kappa shape index (κ3) is 13.7. The van der Waals surface area contributed by atoms with Crippen LogP contribution in [0.5, 0.6) is 0 Å². The van der Waals surface area contributed by atoms with Gasteiger partial charge in [-0.05, 0) is 0 Å². The minimum absolute atomic E-state index is 0. The van der Waals surface area contributed by atoms with Gasteiger partial charge in [0.05, 0.1) is 19.2 Å². The van der Waals surface area contributed by atoms with E-state index >= 15 is 0 Å². The number of aliphatic hydroxyl groups is 9. The normalized spacial score (nSPS) is 20.0. The number of carbonyl (C=O) groups is 2. The van der Waals surface area contributed by atoms with E-state index < -0.39 is 82.1 Å². The van der Waals surface area contributed by atoms with Crippen LogP contribution < -0.4 is 10.00 Å². The van der Waals surface area contributed by atoms with Crippen molar-refractivity contribution in [3.8, 4) is 0 Å². The maximum Gasteiger partial charge on any atom is 2.00 e. The first kappa shape index (κ1) is 34.1. The number of phosphoric ester groups is 1. The monoisotopic (exact) mass is 518 g/mol. The minimum atomic E-state index is -5.06. The molecule has 0 aliphatic rings. The second-order valence-corrected chi connectivity index (χ2v) is 6.58. The van der Waals surface area contributed by atoms with Crippen molar-refractivity contribution in [1.82, 2.24) is 0 Å². The summed E-state index contributed by atoms with van der Waals surface area (Å²) < 4.78 is 13.9. The maximum absolute atomic E-state index is 10.7. The van der Waals surface area contributed by atoms with Crippen molar-refractivity contribution >= 4 is 19.6 Å². The Balaban J connectivity index is -0.000000480. The molecule has 0 radical (unpaired) electrons. The SMILES string of the molecule is O=C(CO)C(O)C(O)C(O)COP(=O)([O-])O.O=C([O-])C(O)C(O)C(O)C(O)CO.[Zn+2]. The zero-order chi connectivity index (χ0) is 23.5. The van der Waals surface area contributed by atoms with Crippen molar-refractivity contribution in [1.29, 1.82) is 0 Å². The van der Waals surface area contributed by atoms with Gasteiger partial charge in [-0.3, -0.25) is 9.36 Å². The maximum atomic E-state index is 10.7. The molecule has 8 unspecified atom stereocenters. The zero-order valence-corrected chi connectivity index (χ0v) is 19.1. The quantitative estimate of drug-likeness (QED) is 0.0844. The van der Waals surface area contributed by atoms with Crippen LogP contribution in [0.15, 0.2) is 0 Å². The smallest absolute Gasteiger partial charge is 0.756 e. The Bertz CT molecular complexity index is 542. The third-order valence-corrected chi connectivity index (χ3v) is 3.58. The molecule has 0 heterocycles. The molecule has 0 aliphatic heterocycles. The fraction of sp³-hybridized carbons (Fsp3) is 0.833. The van der Waals surface area contributed by atoms with E-state index in [0.717, 1.165) is 0 Å². The van der Waals surface area contributed by atoms with Gasteiger partial charge in [0.2, 0.25) is 0 Å². The number of rotatable bonds is 12.